The first-order chi connectivity index (χ1) is 7.68. The van der Waals surface area contributed by atoms with Gasteiger partial charge in [0.2, 0.25) is 11.8 Å². The number of carbonyl (C=O) groups excluding carboxylic acids is 2. The largest absolute Gasteiger partial charge is 0.354 e. The van der Waals surface area contributed by atoms with Gasteiger partial charge in [-0.25, -0.2) is 0 Å². The average molecular weight is 221 g/mol. The molecule has 5 heteroatoms. The van der Waals surface area contributed by atoms with E-state index < -0.39 is 5.41 Å². The van der Waals surface area contributed by atoms with Crippen LogP contribution in [0.2, 0.25) is 0 Å². The van der Waals surface area contributed by atoms with Crippen molar-refractivity contribution in [1.82, 2.24) is 10.6 Å². The summed E-state index contributed by atoms with van der Waals surface area (Å²) < 4.78 is 0. The van der Waals surface area contributed by atoms with Crippen LogP contribution in [0.3, 0.4) is 0 Å². The molecule has 2 amide bonds. The first kappa shape index (κ1) is 10.9. The molecular weight excluding hydrogens is 206 g/mol. The molecule has 0 aliphatic heterocycles. The van der Waals surface area contributed by atoms with Crippen molar-refractivity contribution < 1.29 is 9.59 Å². The summed E-state index contributed by atoms with van der Waals surface area (Å²) in [6, 6.07) is 2.03. The third-order valence-electron chi connectivity index (χ3n) is 3.06. The second kappa shape index (κ2) is 4.12. The molecule has 2 saturated carbocycles. The molecular formula is C11H15N3O2. The van der Waals surface area contributed by atoms with E-state index in [2.05, 4.69) is 10.6 Å². The molecule has 0 heterocycles. The maximum Gasteiger partial charge on any atom is 0.240 e. The lowest BCUT2D eigenvalue weighted by atomic mass is 10.1. The van der Waals surface area contributed by atoms with Crippen molar-refractivity contribution in [2.45, 2.75) is 25.7 Å². The van der Waals surface area contributed by atoms with Crippen LogP contribution in [0.5, 0.6) is 0 Å². The standard InChI is InChI=1S/C11H15N3O2/c12-7-11(3-4-11)10(16)14-6-5-13-9(15)8-1-2-8/h8H,1-6H2,(H,13,15)(H,14,16). The van der Waals surface area contributed by atoms with Crippen LogP contribution in [0, 0.1) is 22.7 Å². The lowest BCUT2D eigenvalue weighted by Crippen LogP contribution is -2.38. The monoisotopic (exact) mass is 221 g/mol. The number of amides is 2. The third-order valence-corrected chi connectivity index (χ3v) is 3.06. The van der Waals surface area contributed by atoms with Gasteiger partial charge in [-0.2, -0.15) is 5.26 Å². The van der Waals surface area contributed by atoms with E-state index in [1.807, 2.05) is 6.07 Å². The van der Waals surface area contributed by atoms with Crippen molar-refractivity contribution in [3.63, 3.8) is 0 Å². The van der Waals surface area contributed by atoms with E-state index in [9.17, 15) is 9.59 Å². The molecule has 0 atom stereocenters. The molecule has 2 fully saturated rings. The summed E-state index contributed by atoms with van der Waals surface area (Å²) in [6.45, 7) is 0.851. The number of nitrogens with zero attached hydrogens (tertiary/aromatic N) is 1. The minimum Gasteiger partial charge on any atom is -0.354 e. The molecule has 2 aliphatic rings. The Hall–Kier alpha value is -1.57. The summed E-state index contributed by atoms with van der Waals surface area (Å²) in [5.41, 5.74) is -0.763. The molecule has 0 unspecified atom stereocenters. The van der Waals surface area contributed by atoms with Gasteiger partial charge in [0, 0.05) is 19.0 Å². The van der Waals surface area contributed by atoms with Gasteiger partial charge in [0.05, 0.1) is 6.07 Å². The Morgan fingerprint density at radius 1 is 1.25 bits per heavy atom. The first-order valence-corrected chi connectivity index (χ1v) is 5.65. The lowest BCUT2D eigenvalue weighted by molar-refractivity contribution is -0.125. The Morgan fingerprint density at radius 2 is 1.88 bits per heavy atom. The van der Waals surface area contributed by atoms with E-state index in [0.29, 0.717) is 25.9 Å². The fourth-order valence-electron chi connectivity index (χ4n) is 1.54. The second-order valence-electron chi connectivity index (χ2n) is 4.52. The zero-order valence-electron chi connectivity index (χ0n) is 9.08. The van der Waals surface area contributed by atoms with E-state index in [-0.39, 0.29) is 17.7 Å². The van der Waals surface area contributed by atoms with E-state index in [4.69, 9.17) is 5.26 Å². The summed E-state index contributed by atoms with van der Waals surface area (Å²) in [7, 11) is 0. The smallest absolute Gasteiger partial charge is 0.240 e. The molecule has 5 nitrogen and oxygen atoms in total. The third kappa shape index (κ3) is 2.32. The minimum absolute atomic E-state index is 0.0793. The quantitative estimate of drug-likeness (QED) is 0.638. The zero-order valence-corrected chi connectivity index (χ0v) is 9.08. The Bertz CT molecular complexity index is 351. The molecule has 0 aromatic rings. The molecule has 0 bridgehead atoms. The normalized spacial score (nSPS) is 20.7. The van der Waals surface area contributed by atoms with E-state index in [0.717, 1.165) is 12.8 Å². The summed E-state index contributed by atoms with van der Waals surface area (Å²) in [4.78, 5) is 22.7. The van der Waals surface area contributed by atoms with Crippen LogP contribution in [-0.2, 0) is 9.59 Å². The maximum absolute atomic E-state index is 11.5. The van der Waals surface area contributed by atoms with Gasteiger partial charge in [-0.3, -0.25) is 9.59 Å². The Balaban J connectivity index is 1.59. The van der Waals surface area contributed by atoms with Crippen LogP contribution in [0.25, 0.3) is 0 Å². The number of nitriles is 1. The SMILES string of the molecule is N#CC1(C(=O)NCCNC(=O)C2CC2)CC1. The van der Waals surface area contributed by atoms with Crippen LogP contribution in [-0.4, -0.2) is 24.9 Å². The van der Waals surface area contributed by atoms with E-state index >= 15 is 0 Å². The van der Waals surface area contributed by atoms with Gasteiger partial charge < -0.3 is 10.6 Å². The summed E-state index contributed by atoms with van der Waals surface area (Å²) in [6.07, 6.45) is 3.28. The highest BCUT2D eigenvalue weighted by atomic mass is 16.2. The zero-order chi connectivity index (χ0) is 11.6. The molecule has 2 rings (SSSR count). The number of hydrogen-bond donors (Lipinski definition) is 2. The fourth-order valence-corrected chi connectivity index (χ4v) is 1.54. The maximum atomic E-state index is 11.5. The van der Waals surface area contributed by atoms with Gasteiger partial charge in [0.1, 0.15) is 5.41 Å². The van der Waals surface area contributed by atoms with E-state index in [1.54, 1.807) is 0 Å². The Labute approximate surface area is 94.2 Å². The van der Waals surface area contributed by atoms with Gasteiger partial charge >= 0.3 is 0 Å². The van der Waals surface area contributed by atoms with Crippen LogP contribution in [0.4, 0.5) is 0 Å². The number of rotatable bonds is 5. The highest BCUT2D eigenvalue weighted by Gasteiger charge is 2.50. The van der Waals surface area contributed by atoms with Gasteiger partial charge in [-0.1, -0.05) is 0 Å². The summed E-state index contributed by atoms with van der Waals surface area (Å²) in [5, 5.41) is 14.2. The predicted octanol–water partition coefficient (Wildman–Crippen LogP) is -0.0674. The minimum atomic E-state index is -0.763. The van der Waals surface area contributed by atoms with Crippen LogP contribution in [0.1, 0.15) is 25.7 Å². The molecule has 2 N–H and O–H groups in total. The van der Waals surface area contributed by atoms with Gasteiger partial charge in [0.15, 0.2) is 0 Å². The topological polar surface area (TPSA) is 82.0 Å². The van der Waals surface area contributed by atoms with Gasteiger partial charge in [-0.15, -0.1) is 0 Å². The van der Waals surface area contributed by atoms with Crippen molar-refractivity contribution >= 4 is 11.8 Å². The highest BCUT2D eigenvalue weighted by molar-refractivity contribution is 5.88. The molecule has 0 aromatic heterocycles. The van der Waals surface area contributed by atoms with Crippen molar-refractivity contribution in [1.29, 1.82) is 5.26 Å². The molecule has 16 heavy (non-hydrogen) atoms. The number of carbonyl (C=O) groups is 2. The number of nitrogens with one attached hydrogen (secondary N) is 2. The molecule has 0 radical (unpaired) electrons. The lowest BCUT2D eigenvalue weighted by Gasteiger charge is -2.08. The summed E-state index contributed by atoms with van der Waals surface area (Å²) in [5.74, 6) is 0.0796. The number of hydrogen-bond acceptors (Lipinski definition) is 3. The first-order valence-electron chi connectivity index (χ1n) is 5.65. The van der Waals surface area contributed by atoms with Gasteiger partial charge in [0.25, 0.3) is 0 Å². The molecule has 0 aromatic carbocycles. The Morgan fingerprint density at radius 3 is 2.38 bits per heavy atom. The Kier molecular flexibility index (Phi) is 2.82. The second-order valence-corrected chi connectivity index (χ2v) is 4.52. The molecule has 0 saturated heterocycles. The summed E-state index contributed by atoms with van der Waals surface area (Å²) >= 11 is 0. The van der Waals surface area contributed by atoms with Crippen molar-refractivity contribution in [3.05, 3.63) is 0 Å². The fraction of sp³-hybridized carbons (Fsp3) is 0.727. The molecule has 2 aliphatic carbocycles. The van der Waals surface area contributed by atoms with Crippen molar-refractivity contribution in [2.75, 3.05) is 13.1 Å². The van der Waals surface area contributed by atoms with Crippen LogP contribution < -0.4 is 10.6 Å². The van der Waals surface area contributed by atoms with Crippen molar-refractivity contribution in [2.24, 2.45) is 11.3 Å². The van der Waals surface area contributed by atoms with E-state index in [1.165, 1.54) is 0 Å². The van der Waals surface area contributed by atoms with Crippen LogP contribution in [0.15, 0.2) is 0 Å². The predicted molar refractivity (Wildman–Crippen MR) is 56.0 cm³/mol. The van der Waals surface area contributed by atoms with Crippen LogP contribution >= 0.6 is 0 Å². The molecule has 86 valence electrons. The van der Waals surface area contributed by atoms with Crippen molar-refractivity contribution in [3.8, 4) is 6.07 Å². The highest BCUT2D eigenvalue weighted by Crippen LogP contribution is 2.44. The molecule has 0 spiro atoms. The van der Waals surface area contributed by atoms with Gasteiger partial charge in [-0.05, 0) is 25.7 Å². The average Bonchev–Trinajstić information content (AvgIpc) is 3.18.